The number of carbonyl (C=O) groups is 1. The summed E-state index contributed by atoms with van der Waals surface area (Å²) in [7, 11) is 0. The Bertz CT molecular complexity index is 643. The quantitative estimate of drug-likeness (QED) is 0.736. The van der Waals surface area contributed by atoms with Crippen LogP contribution in [0.4, 0.5) is 17.1 Å². The van der Waals surface area contributed by atoms with Gasteiger partial charge in [0.05, 0.1) is 11.4 Å². The van der Waals surface area contributed by atoms with Gasteiger partial charge in [-0.3, -0.25) is 4.79 Å². The normalized spacial score (nSPS) is 10.2. The number of rotatable bonds is 5. The first-order valence-corrected chi connectivity index (χ1v) is 7.18. The number of benzene rings is 2. The van der Waals surface area contributed by atoms with Crippen LogP contribution in [0, 0.1) is 0 Å². The van der Waals surface area contributed by atoms with E-state index in [1.165, 1.54) is 0 Å². The number of amides is 1. The van der Waals surface area contributed by atoms with Gasteiger partial charge in [0, 0.05) is 22.8 Å². The number of nitrogens with one attached hydrogen (secondary N) is 2. The number of nitrogen functional groups attached to an aromatic ring is 1. The van der Waals surface area contributed by atoms with Crippen LogP contribution in [0.25, 0.3) is 0 Å². The molecule has 4 nitrogen and oxygen atoms in total. The third-order valence-corrected chi connectivity index (χ3v) is 3.19. The van der Waals surface area contributed by atoms with Gasteiger partial charge in [-0.15, -0.1) is 0 Å². The second-order valence-electron chi connectivity index (χ2n) is 4.69. The molecule has 0 saturated carbocycles. The highest BCUT2D eigenvalue weighted by atomic mass is 35.5. The molecular formula is C16H18ClN3O. The predicted octanol–water partition coefficient (Wildman–Crippen LogP) is 3.81. The molecule has 0 spiro atoms. The molecule has 0 aliphatic heterocycles. The highest BCUT2D eigenvalue weighted by Crippen LogP contribution is 2.25. The number of anilines is 3. The molecule has 0 aromatic heterocycles. The molecule has 0 bridgehead atoms. The molecule has 0 aliphatic carbocycles. The van der Waals surface area contributed by atoms with E-state index in [4.69, 9.17) is 17.3 Å². The Hall–Kier alpha value is -2.20. The van der Waals surface area contributed by atoms with Gasteiger partial charge >= 0.3 is 0 Å². The monoisotopic (exact) mass is 303 g/mol. The van der Waals surface area contributed by atoms with Crippen molar-refractivity contribution >= 4 is 34.6 Å². The maximum Gasteiger partial charge on any atom is 0.251 e. The van der Waals surface area contributed by atoms with Crippen molar-refractivity contribution in [2.75, 3.05) is 17.6 Å². The molecule has 0 fully saturated rings. The fraction of sp³-hybridized carbons (Fsp3) is 0.188. The molecule has 4 N–H and O–H groups in total. The number of carbonyl (C=O) groups excluding carboxylic acids is 1. The molecule has 0 unspecified atom stereocenters. The maximum atomic E-state index is 11.9. The molecule has 0 radical (unpaired) electrons. The summed E-state index contributed by atoms with van der Waals surface area (Å²) in [6, 6.07) is 12.6. The van der Waals surface area contributed by atoms with Gasteiger partial charge in [0.1, 0.15) is 0 Å². The second kappa shape index (κ2) is 6.99. The van der Waals surface area contributed by atoms with Crippen LogP contribution >= 0.6 is 11.6 Å². The number of nitrogens with two attached hydrogens (primary N) is 1. The summed E-state index contributed by atoms with van der Waals surface area (Å²) in [6.07, 6.45) is 0.898. The first-order valence-electron chi connectivity index (χ1n) is 6.80. The van der Waals surface area contributed by atoms with Gasteiger partial charge in [-0.05, 0) is 42.8 Å². The van der Waals surface area contributed by atoms with Crippen molar-refractivity contribution in [1.82, 2.24) is 5.32 Å². The summed E-state index contributed by atoms with van der Waals surface area (Å²) in [5, 5.41) is 6.65. The van der Waals surface area contributed by atoms with E-state index in [0.29, 0.717) is 22.8 Å². The summed E-state index contributed by atoms with van der Waals surface area (Å²) in [6.45, 7) is 2.66. The van der Waals surface area contributed by atoms with E-state index in [1.54, 1.807) is 24.3 Å². The van der Waals surface area contributed by atoms with Gasteiger partial charge < -0.3 is 16.4 Å². The van der Waals surface area contributed by atoms with Crippen molar-refractivity contribution in [2.24, 2.45) is 0 Å². The topological polar surface area (TPSA) is 67.2 Å². The van der Waals surface area contributed by atoms with E-state index in [-0.39, 0.29) is 5.91 Å². The summed E-state index contributed by atoms with van der Waals surface area (Å²) in [5.41, 5.74) is 8.65. The van der Waals surface area contributed by atoms with Crippen LogP contribution in [-0.4, -0.2) is 12.5 Å². The third-order valence-electron chi connectivity index (χ3n) is 2.95. The van der Waals surface area contributed by atoms with Crippen molar-refractivity contribution < 1.29 is 4.79 Å². The van der Waals surface area contributed by atoms with E-state index in [0.717, 1.165) is 17.8 Å². The fourth-order valence-electron chi connectivity index (χ4n) is 1.88. The van der Waals surface area contributed by atoms with E-state index >= 15 is 0 Å². The van der Waals surface area contributed by atoms with E-state index in [1.807, 2.05) is 25.1 Å². The molecule has 0 atom stereocenters. The Morgan fingerprint density at radius 1 is 1.24 bits per heavy atom. The lowest BCUT2D eigenvalue weighted by molar-refractivity contribution is 0.0953. The molecule has 0 aliphatic rings. The SMILES string of the molecule is CCCNC(=O)c1ccc(Nc2cccc(Cl)c2)c(N)c1. The van der Waals surface area contributed by atoms with Gasteiger partial charge in [-0.1, -0.05) is 24.6 Å². The van der Waals surface area contributed by atoms with Crippen molar-refractivity contribution in [3.63, 3.8) is 0 Å². The number of halogens is 1. The molecular weight excluding hydrogens is 286 g/mol. The zero-order valence-electron chi connectivity index (χ0n) is 11.8. The first-order chi connectivity index (χ1) is 10.1. The zero-order chi connectivity index (χ0) is 15.2. The smallest absolute Gasteiger partial charge is 0.251 e. The zero-order valence-corrected chi connectivity index (χ0v) is 12.6. The van der Waals surface area contributed by atoms with E-state index in [2.05, 4.69) is 10.6 Å². The van der Waals surface area contributed by atoms with Crippen LogP contribution in [0.2, 0.25) is 5.02 Å². The van der Waals surface area contributed by atoms with Crippen LogP contribution in [0.5, 0.6) is 0 Å². The van der Waals surface area contributed by atoms with Gasteiger partial charge in [-0.2, -0.15) is 0 Å². The van der Waals surface area contributed by atoms with E-state index < -0.39 is 0 Å². The lowest BCUT2D eigenvalue weighted by atomic mass is 10.1. The average molecular weight is 304 g/mol. The molecule has 2 aromatic carbocycles. The Labute approximate surface area is 129 Å². The molecule has 0 heterocycles. The Morgan fingerprint density at radius 2 is 2.05 bits per heavy atom. The summed E-state index contributed by atoms with van der Waals surface area (Å²) < 4.78 is 0. The molecule has 5 heteroatoms. The van der Waals surface area contributed by atoms with Crippen molar-refractivity contribution in [3.05, 3.63) is 53.1 Å². The standard InChI is InChI=1S/C16H18ClN3O/c1-2-8-19-16(21)11-6-7-15(14(18)9-11)20-13-5-3-4-12(17)10-13/h3-7,9-10,20H,2,8,18H2,1H3,(H,19,21). The molecule has 110 valence electrons. The Kier molecular flexibility index (Phi) is 5.06. The maximum absolute atomic E-state index is 11.9. The lowest BCUT2D eigenvalue weighted by Crippen LogP contribution is -2.24. The van der Waals surface area contributed by atoms with Gasteiger partial charge in [0.15, 0.2) is 0 Å². The van der Waals surface area contributed by atoms with Crippen LogP contribution in [0.15, 0.2) is 42.5 Å². The van der Waals surface area contributed by atoms with Crippen molar-refractivity contribution in [2.45, 2.75) is 13.3 Å². The summed E-state index contributed by atoms with van der Waals surface area (Å²) in [4.78, 5) is 11.9. The minimum absolute atomic E-state index is 0.113. The largest absolute Gasteiger partial charge is 0.397 e. The summed E-state index contributed by atoms with van der Waals surface area (Å²) >= 11 is 5.94. The Morgan fingerprint density at radius 3 is 2.71 bits per heavy atom. The van der Waals surface area contributed by atoms with Crippen LogP contribution < -0.4 is 16.4 Å². The highest BCUT2D eigenvalue weighted by Gasteiger charge is 2.07. The highest BCUT2D eigenvalue weighted by molar-refractivity contribution is 6.30. The van der Waals surface area contributed by atoms with E-state index in [9.17, 15) is 4.79 Å². The van der Waals surface area contributed by atoms with Gasteiger partial charge in [-0.25, -0.2) is 0 Å². The molecule has 1 amide bonds. The minimum Gasteiger partial charge on any atom is -0.397 e. The molecule has 2 aromatic rings. The van der Waals surface area contributed by atoms with Crippen LogP contribution in [-0.2, 0) is 0 Å². The number of hydrogen-bond acceptors (Lipinski definition) is 3. The van der Waals surface area contributed by atoms with Crippen molar-refractivity contribution in [1.29, 1.82) is 0 Å². The minimum atomic E-state index is -0.113. The molecule has 2 rings (SSSR count). The summed E-state index contributed by atoms with van der Waals surface area (Å²) in [5.74, 6) is -0.113. The van der Waals surface area contributed by atoms with Gasteiger partial charge in [0.25, 0.3) is 5.91 Å². The van der Waals surface area contributed by atoms with Crippen LogP contribution in [0.1, 0.15) is 23.7 Å². The third kappa shape index (κ3) is 4.13. The second-order valence-corrected chi connectivity index (χ2v) is 5.13. The van der Waals surface area contributed by atoms with Crippen molar-refractivity contribution in [3.8, 4) is 0 Å². The van der Waals surface area contributed by atoms with Gasteiger partial charge in [0.2, 0.25) is 0 Å². The molecule has 21 heavy (non-hydrogen) atoms. The number of hydrogen-bond donors (Lipinski definition) is 3. The fourth-order valence-corrected chi connectivity index (χ4v) is 2.07. The first kappa shape index (κ1) is 15.2. The Balaban J connectivity index is 2.14. The molecule has 0 saturated heterocycles. The predicted molar refractivity (Wildman–Crippen MR) is 88.2 cm³/mol. The van der Waals surface area contributed by atoms with Crippen LogP contribution in [0.3, 0.4) is 0 Å². The lowest BCUT2D eigenvalue weighted by Gasteiger charge is -2.11. The average Bonchev–Trinajstić information content (AvgIpc) is 2.47.